The van der Waals surface area contributed by atoms with Crippen molar-refractivity contribution >= 4 is 21.4 Å². The van der Waals surface area contributed by atoms with Crippen LogP contribution >= 0.6 is 11.6 Å². The summed E-state index contributed by atoms with van der Waals surface area (Å²) < 4.78 is 27.9. The van der Waals surface area contributed by atoms with E-state index in [1.165, 1.54) is 7.11 Å². The molecule has 96 valence electrons. The highest BCUT2D eigenvalue weighted by atomic mass is 35.5. The van der Waals surface area contributed by atoms with E-state index in [1.807, 2.05) is 0 Å². The smallest absolute Gasteiger partial charge is 0.151 e. The zero-order chi connectivity index (χ0) is 13.2. The van der Waals surface area contributed by atoms with Crippen molar-refractivity contribution in [1.82, 2.24) is 0 Å². The molecule has 0 aliphatic carbocycles. The molecule has 1 aromatic carbocycles. The largest absolute Gasteiger partial charge is 0.497 e. The van der Waals surface area contributed by atoms with Gasteiger partial charge in [-0.25, -0.2) is 8.42 Å². The van der Waals surface area contributed by atoms with Crippen LogP contribution in [-0.2, 0) is 9.84 Å². The molecular formula is C11H16ClNO3S. The molecule has 1 rings (SSSR count). The maximum atomic E-state index is 11.4. The highest BCUT2D eigenvalue weighted by Crippen LogP contribution is 2.29. The lowest BCUT2D eigenvalue weighted by Crippen LogP contribution is -2.30. The number of hydrogen-bond donors (Lipinski definition) is 1. The van der Waals surface area contributed by atoms with Gasteiger partial charge < -0.3 is 10.5 Å². The summed E-state index contributed by atoms with van der Waals surface area (Å²) in [5.41, 5.74) is 6.51. The monoisotopic (exact) mass is 277 g/mol. The van der Waals surface area contributed by atoms with Gasteiger partial charge in [0.1, 0.15) is 5.75 Å². The summed E-state index contributed by atoms with van der Waals surface area (Å²) in [6, 6.07) is 4.36. The van der Waals surface area contributed by atoms with Gasteiger partial charge in [-0.15, -0.1) is 0 Å². The number of methoxy groups -OCH3 is 1. The Morgan fingerprint density at radius 3 is 2.41 bits per heavy atom. The van der Waals surface area contributed by atoms with Crippen molar-refractivity contribution in [3.63, 3.8) is 0 Å². The van der Waals surface area contributed by atoms with Crippen molar-refractivity contribution in [2.24, 2.45) is 5.73 Å². The van der Waals surface area contributed by atoms with Gasteiger partial charge in [-0.1, -0.05) is 17.7 Å². The van der Waals surface area contributed by atoms with Crippen LogP contribution in [0.3, 0.4) is 0 Å². The number of benzene rings is 1. The SMILES string of the molecule is COc1ccc(C(N)C(C)S(C)(=O)=O)c(Cl)c1. The molecule has 0 aliphatic heterocycles. The predicted molar refractivity (Wildman–Crippen MR) is 69.2 cm³/mol. The second-order valence-electron chi connectivity index (χ2n) is 3.95. The average molecular weight is 278 g/mol. The zero-order valence-electron chi connectivity index (χ0n) is 9.98. The van der Waals surface area contributed by atoms with Crippen LogP contribution in [0, 0.1) is 0 Å². The topological polar surface area (TPSA) is 69.4 Å². The predicted octanol–water partition coefficient (Wildman–Crippen LogP) is 1.78. The molecule has 6 heteroatoms. The van der Waals surface area contributed by atoms with Gasteiger partial charge >= 0.3 is 0 Å². The van der Waals surface area contributed by atoms with E-state index in [0.29, 0.717) is 16.3 Å². The Kier molecular flexibility index (Phi) is 4.41. The van der Waals surface area contributed by atoms with Crippen LogP contribution in [0.25, 0.3) is 0 Å². The van der Waals surface area contributed by atoms with Crippen LogP contribution < -0.4 is 10.5 Å². The summed E-state index contributed by atoms with van der Waals surface area (Å²) in [4.78, 5) is 0. The Bertz CT molecular complexity index is 501. The Labute approximate surface area is 107 Å². The number of ether oxygens (including phenoxy) is 1. The number of hydrogen-bond acceptors (Lipinski definition) is 4. The summed E-state index contributed by atoms with van der Waals surface area (Å²) in [5.74, 6) is 0.609. The highest BCUT2D eigenvalue weighted by molar-refractivity contribution is 7.91. The van der Waals surface area contributed by atoms with E-state index >= 15 is 0 Å². The van der Waals surface area contributed by atoms with E-state index in [-0.39, 0.29) is 0 Å². The van der Waals surface area contributed by atoms with Gasteiger partial charge in [-0.2, -0.15) is 0 Å². The average Bonchev–Trinajstić information content (AvgIpc) is 2.25. The molecule has 0 saturated heterocycles. The number of sulfone groups is 1. The summed E-state index contributed by atoms with van der Waals surface area (Å²) in [6.45, 7) is 1.57. The van der Waals surface area contributed by atoms with E-state index in [2.05, 4.69) is 0 Å². The number of nitrogens with two attached hydrogens (primary N) is 1. The fourth-order valence-electron chi connectivity index (χ4n) is 1.42. The third kappa shape index (κ3) is 3.34. The Morgan fingerprint density at radius 2 is 2.00 bits per heavy atom. The maximum absolute atomic E-state index is 11.4. The molecule has 2 N–H and O–H groups in total. The quantitative estimate of drug-likeness (QED) is 0.911. The minimum atomic E-state index is -3.20. The first-order chi connectivity index (χ1) is 7.77. The van der Waals surface area contributed by atoms with Crippen molar-refractivity contribution in [3.8, 4) is 5.75 Å². The molecule has 1 aromatic rings. The van der Waals surface area contributed by atoms with Crippen molar-refractivity contribution in [2.75, 3.05) is 13.4 Å². The molecule has 0 heterocycles. The molecule has 0 radical (unpaired) electrons. The molecule has 0 saturated carbocycles. The lowest BCUT2D eigenvalue weighted by molar-refractivity contribution is 0.414. The van der Waals surface area contributed by atoms with Gasteiger partial charge in [0.05, 0.1) is 12.4 Å². The number of rotatable bonds is 4. The first-order valence-corrected chi connectivity index (χ1v) is 7.38. The minimum absolute atomic E-state index is 0.410. The molecule has 0 amide bonds. The van der Waals surface area contributed by atoms with E-state index in [4.69, 9.17) is 22.1 Å². The molecule has 17 heavy (non-hydrogen) atoms. The molecule has 0 fully saturated rings. The number of halogens is 1. The molecular weight excluding hydrogens is 262 g/mol. The van der Waals surface area contributed by atoms with Crippen molar-refractivity contribution in [3.05, 3.63) is 28.8 Å². The Balaban J connectivity index is 3.09. The molecule has 2 atom stereocenters. The van der Waals surface area contributed by atoms with Gasteiger partial charge in [0.25, 0.3) is 0 Å². The normalized spacial score (nSPS) is 15.4. The van der Waals surface area contributed by atoms with Crippen LogP contribution in [0.1, 0.15) is 18.5 Å². The fraction of sp³-hybridized carbons (Fsp3) is 0.455. The van der Waals surface area contributed by atoms with Crippen LogP contribution in [-0.4, -0.2) is 27.0 Å². The standard InChI is InChI=1S/C11H16ClNO3S/c1-7(17(3,14)15)11(13)9-5-4-8(16-2)6-10(9)12/h4-7,11H,13H2,1-3H3. The molecule has 0 aliphatic rings. The van der Waals surface area contributed by atoms with Crippen LogP contribution in [0.4, 0.5) is 0 Å². The van der Waals surface area contributed by atoms with E-state index < -0.39 is 21.1 Å². The van der Waals surface area contributed by atoms with Crippen molar-refractivity contribution in [2.45, 2.75) is 18.2 Å². The van der Waals surface area contributed by atoms with Gasteiger partial charge in [-0.3, -0.25) is 0 Å². The molecule has 2 unspecified atom stereocenters. The van der Waals surface area contributed by atoms with E-state index in [1.54, 1.807) is 25.1 Å². The third-order valence-corrected chi connectivity index (χ3v) is 4.72. The summed E-state index contributed by atoms with van der Waals surface area (Å²) in [7, 11) is -1.67. The molecule has 0 spiro atoms. The minimum Gasteiger partial charge on any atom is -0.497 e. The molecule has 0 aromatic heterocycles. The van der Waals surface area contributed by atoms with Gasteiger partial charge in [0.15, 0.2) is 9.84 Å². The maximum Gasteiger partial charge on any atom is 0.151 e. The highest BCUT2D eigenvalue weighted by Gasteiger charge is 2.25. The summed E-state index contributed by atoms with van der Waals surface area (Å²) >= 11 is 6.04. The van der Waals surface area contributed by atoms with E-state index in [9.17, 15) is 8.42 Å². The van der Waals surface area contributed by atoms with Crippen LogP contribution in [0.2, 0.25) is 5.02 Å². The Morgan fingerprint density at radius 1 is 1.41 bits per heavy atom. The van der Waals surface area contributed by atoms with Crippen molar-refractivity contribution in [1.29, 1.82) is 0 Å². The van der Waals surface area contributed by atoms with Crippen LogP contribution in [0.15, 0.2) is 18.2 Å². The molecule has 4 nitrogen and oxygen atoms in total. The van der Waals surface area contributed by atoms with Crippen LogP contribution in [0.5, 0.6) is 5.75 Å². The first-order valence-electron chi connectivity index (χ1n) is 5.05. The van der Waals surface area contributed by atoms with Gasteiger partial charge in [0.2, 0.25) is 0 Å². The Hall–Kier alpha value is -0.780. The summed E-state index contributed by atoms with van der Waals surface area (Å²) in [5, 5.41) is -0.277. The van der Waals surface area contributed by atoms with E-state index in [0.717, 1.165) is 6.26 Å². The lowest BCUT2D eigenvalue weighted by atomic mass is 10.1. The fourth-order valence-corrected chi connectivity index (χ4v) is 2.40. The van der Waals surface area contributed by atoms with Crippen molar-refractivity contribution < 1.29 is 13.2 Å². The molecule has 0 bridgehead atoms. The summed E-state index contributed by atoms with van der Waals surface area (Å²) in [6.07, 6.45) is 1.16. The second-order valence-corrected chi connectivity index (χ2v) is 6.76. The second kappa shape index (κ2) is 5.25. The lowest BCUT2D eigenvalue weighted by Gasteiger charge is -2.20. The zero-order valence-corrected chi connectivity index (χ0v) is 11.5. The first kappa shape index (κ1) is 14.3. The van der Waals surface area contributed by atoms with Gasteiger partial charge in [0, 0.05) is 17.3 Å². The van der Waals surface area contributed by atoms with Gasteiger partial charge in [-0.05, 0) is 24.6 Å². The third-order valence-electron chi connectivity index (χ3n) is 2.75.